The Balaban J connectivity index is 1.37. The van der Waals surface area contributed by atoms with Gasteiger partial charge in [-0.2, -0.15) is 0 Å². The van der Waals surface area contributed by atoms with Crippen LogP contribution in [0.4, 0.5) is 10.8 Å². The molecule has 2 heterocycles. The van der Waals surface area contributed by atoms with Gasteiger partial charge in [0.2, 0.25) is 11.0 Å². The molecule has 0 aliphatic rings. The monoisotopic (exact) mass is 380 g/mol. The van der Waals surface area contributed by atoms with Gasteiger partial charge in [0.15, 0.2) is 4.34 Å². The minimum absolute atomic E-state index is 0.643. The fourth-order valence-corrected chi connectivity index (χ4v) is 3.95. The second-order valence-electron chi connectivity index (χ2n) is 5.66. The standard InChI is InChI=1S/C19H16N4OS2/c1-13-7-9-14(10-8-13)17-20-16(11-24-17)12-25-19-23-22-18(26-19)21-15-5-3-2-4-6-15/h2-11H,12H2,1H3,(H,21,22). The summed E-state index contributed by atoms with van der Waals surface area (Å²) in [4.78, 5) is 4.55. The number of thioether (sulfide) groups is 1. The predicted molar refractivity (Wildman–Crippen MR) is 106 cm³/mol. The number of oxazole rings is 1. The van der Waals surface area contributed by atoms with E-state index in [0.29, 0.717) is 11.6 Å². The summed E-state index contributed by atoms with van der Waals surface area (Å²) in [5.74, 6) is 1.33. The molecule has 1 N–H and O–H groups in total. The van der Waals surface area contributed by atoms with Crippen molar-refractivity contribution in [2.45, 2.75) is 17.0 Å². The van der Waals surface area contributed by atoms with Crippen LogP contribution >= 0.6 is 23.1 Å². The first-order chi connectivity index (χ1) is 12.8. The van der Waals surface area contributed by atoms with E-state index in [1.807, 2.05) is 42.5 Å². The van der Waals surface area contributed by atoms with E-state index in [0.717, 1.165) is 26.4 Å². The maximum Gasteiger partial charge on any atom is 0.226 e. The first kappa shape index (κ1) is 16.8. The van der Waals surface area contributed by atoms with Gasteiger partial charge in [-0.3, -0.25) is 0 Å². The van der Waals surface area contributed by atoms with Crippen molar-refractivity contribution in [2.75, 3.05) is 5.32 Å². The van der Waals surface area contributed by atoms with Crippen molar-refractivity contribution < 1.29 is 4.42 Å². The van der Waals surface area contributed by atoms with Crippen molar-refractivity contribution in [2.24, 2.45) is 0 Å². The molecule has 5 nitrogen and oxygen atoms in total. The van der Waals surface area contributed by atoms with Crippen LogP contribution in [0.25, 0.3) is 11.5 Å². The molecule has 26 heavy (non-hydrogen) atoms. The number of rotatable bonds is 6. The maximum absolute atomic E-state index is 5.59. The van der Waals surface area contributed by atoms with Crippen LogP contribution in [0.2, 0.25) is 0 Å². The topological polar surface area (TPSA) is 63.8 Å². The van der Waals surface area contributed by atoms with E-state index in [1.165, 1.54) is 16.9 Å². The van der Waals surface area contributed by atoms with Gasteiger partial charge in [0, 0.05) is 17.0 Å². The summed E-state index contributed by atoms with van der Waals surface area (Å²) >= 11 is 3.12. The molecule has 0 aliphatic heterocycles. The maximum atomic E-state index is 5.59. The smallest absolute Gasteiger partial charge is 0.226 e. The van der Waals surface area contributed by atoms with Gasteiger partial charge < -0.3 is 9.73 Å². The van der Waals surface area contributed by atoms with Crippen molar-refractivity contribution in [3.8, 4) is 11.5 Å². The molecule has 4 rings (SSSR count). The van der Waals surface area contributed by atoms with E-state index in [9.17, 15) is 0 Å². The summed E-state index contributed by atoms with van der Waals surface area (Å²) in [7, 11) is 0. The lowest BCUT2D eigenvalue weighted by molar-refractivity contribution is 0.573. The highest BCUT2D eigenvalue weighted by molar-refractivity contribution is 8.00. The molecule has 2 aromatic carbocycles. The van der Waals surface area contributed by atoms with Crippen molar-refractivity contribution in [3.63, 3.8) is 0 Å². The zero-order valence-electron chi connectivity index (χ0n) is 14.0. The molecule has 0 atom stereocenters. The molecule has 0 amide bonds. The van der Waals surface area contributed by atoms with E-state index in [-0.39, 0.29) is 0 Å². The van der Waals surface area contributed by atoms with Gasteiger partial charge in [0.1, 0.15) is 6.26 Å². The zero-order chi connectivity index (χ0) is 17.8. The van der Waals surface area contributed by atoms with Crippen LogP contribution in [0.3, 0.4) is 0 Å². The van der Waals surface area contributed by atoms with Crippen LogP contribution in [0.1, 0.15) is 11.3 Å². The molecule has 0 saturated carbocycles. The number of aryl methyl sites for hydroxylation is 1. The number of aromatic nitrogens is 3. The summed E-state index contributed by atoms with van der Waals surface area (Å²) in [5, 5.41) is 12.4. The molecule has 130 valence electrons. The lowest BCUT2D eigenvalue weighted by Crippen LogP contribution is -1.87. The Morgan fingerprint density at radius 3 is 2.65 bits per heavy atom. The molecule has 0 fully saturated rings. The minimum Gasteiger partial charge on any atom is -0.444 e. The molecular weight excluding hydrogens is 364 g/mol. The second-order valence-corrected chi connectivity index (χ2v) is 7.86. The summed E-state index contributed by atoms with van der Waals surface area (Å²) in [5.41, 5.74) is 4.09. The Morgan fingerprint density at radius 1 is 1.04 bits per heavy atom. The van der Waals surface area contributed by atoms with Gasteiger partial charge in [-0.1, -0.05) is 59.0 Å². The number of hydrogen-bond donors (Lipinski definition) is 1. The molecule has 0 aliphatic carbocycles. The lowest BCUT2D eigenvalue weighted by atomic mass is 10.1. The van der Waals surface area contributed by atoms with Crippen molar-refractivity contribution in [1.29, 1.82) is 0 Å². The number of anilines is 2. The summed E-state index contributed by atoms with van der Waals surface area (Å²) in [6, 6.07) is 18.1. The highest BCUT2D eigenvalue weighted by Gasteiger charge is 2.10. The summed E-state index contributed by atoms with van der Waals surface area (Å²) < 4.78 is 6.49. The normalized spacial score (nSPS) is 10.8. The molecule has 0 unspecified atom stereocenters. The lowest BCUT2D eigenvalue weighted by Gasteiger charge is -1.99. The third-order valence-electron chi connectivity index (χ3n) is 3.63. The predicted octanol–water partition coefficient (Wildman–Crippen LogP) is 5.54. The van der Waals surface area contributed by atoms with Gasteiger partial charge in [-0.05, 0) is 31.2 Å². The molecule has 2 aromatic heterocycles. The molecule has 0 radical (unpaired) electrons. The highest BCUT2D eigenvalue weighted by atomic mass is 32.2. The van der Waals surface area contributed by atoms with E-state index in [4.69, 9.17) is 4.42 Å². The third-order valence-corrected chi connectivity index (χ3v) is 5.63. The Morgan fingerprint density at radius 2 is 1.85 bits per heavy atom. The largest absolute Gasteiger partial charge is 0.444 e. The highest BCUT2D eigenvalue weighted by Crippen LogP contribution is 2.30. The zero-order valence-corrected chi connectivity index (χ0v) is 15.7. The third kappa shape index (κ3) is 4.12. The second kappa shape index (κ2) is 7.72. The number of hydrogen-bond acceptors (Lipinski definition) is 7. The van der Waals surface area contributed by atoms with Gasteiger partial charge in [0.05, 0.1) is 5.69 Å². The molecule has 0 saturated heterocycles. The average molecular weight is 380 g/mol. The Labute approximate surface area is 159 Å². The first-order valence-electron chi connectivity index (χ1n) is 8.06. The molecule has 7 heteroatoms. The van der Waals surface area contributed by atoms with Crippen LogP contribution in [0.5, 0.6) is 0 Å². The van der Waals surface area contributed by atoms with E-state index < -0.39 is 0 Å². The molecular formula is C19H16N4OS2. The van der Waals surface area contributed by atoms with Gasteiger partial charge >= 0.3 is 0 Å². The summed E-state index contributed by atoms with van der Waals surface area (Å²) in [6.07, 6.45) is 1.70. The fourth-order valence-electron chi connectivity index (χ4n) is 2.30. The van der Waals surface area contributed by atoms with Crippen molar-refractivity contribution >= 4 is 33.9 Å². The van der Waals surface area contributed by atoms with Gasteiger partial charge in [-0.15, -0.1) is 10.2 Å². The van der Waals surface area contributed by atoms with Crippen molar-refractivity contribution in [1.82, 2.24) is 15.2 Å². The SMILES string of the molecule is Cc1ccc(-c2nc(CSc3nnc(Nc4ccccc4)s3)co2)cc1. The minimum atomic E-state index is 0.643. The molecule has 4 aromatic rings. The van der Waals surface area contributed by atoms with E-state index >= 15 is 0 Å². The average Bonchev–Trinajstić information content (AvgIpc) is 3.31. The van der Waals surface area contributed by atoms with Gasteiger partial charge in [-0.25, -0.2) is 4.98 Å². The fraction of sp³-hybridized carbons (Fsp3) is 0.105. The quantitative estimate of drug-likeness (QED) is 0.443. The number of nitrogens with one attached hydrogen (secondary N) is 1. The first-order valence-corrected chi connectivity index (χ1v) is 9.86. The van der Waals surface area contributed by atoms with E-state index in [1.54, 1.807) is 18.0 Å². The van der Waals surface area contributed by atoms with E-state index in [2.05, 4.69) is 39.6 Å². The van der Waals surface area contributed by atoms with Crippen LogP contribution < -0.4 is 5.32 Å². The Bertz CT molecular complexity index is 980. The van der Waals surface area contributed by atoms with Crippen molar-refractivity contribution in [3.05, 3.63) is 72.1 Å². The number of para-hydroxylation sites is 1. The van der Waals surface area contributed by atoms with Crippen LogP contribution in [-0.2, 0) is 5.75 Å². The van der Waals surface area contributed by atoms with Gasteiger partial charge in [0.25, 0.3) is 0 Å². The summed E-state index contributed by atoms with van der Waals surface area (Å²) in [6.45, 7) is 2.06. The number of nitrogens with zero attached hydrogens (tertiary/aromatic N) is 3. The van der Waals surface area contributed by atoms with Crippen LogP contribution in [0.15, 0.2) is 69.6 Å². The Hall–Kier alpha value is -2.64. The van der Waals surface area contributed by atoms with Crippen LogP contribution in [-0.4, -0.2) is 15.2 Å². The van der Waals surface area contributed by atoms with Crippen LogP contribution in [0, 0.1) is 6.92 Å². The number of benzene rings is 2. The molecule has 0 bridgehead atoms. The Kier molecular flexibility index (Phi) is 4.99. The molecule has 0 spiro atoms.